The van der Waals surface area contributed by atoms with Crippen LogP contribution < -0.4 is 9.85 Å². The number of nitrogens with zero attached hydrogens (tertiary/aromatic N) is 3. The molecule has 3 rings (SSSR count). The van der Waals surface area contributed by atoms with Crippen LogP contribution in [0.1, 0.15) is 10.4 Å². The van der Waals surface area contributed by atoms with Crippen LogP contribution >= 0.6 is 0 Å². The van der Waals surface area contributed by atoms with Crippen LogP contribution in [0.3, 0.4) is 0 Å². The Morgan fingerprint density at radius 2 is 1.95 bits per heavy atom. The van der Waals surface area contributed by atoms with Gasteiger partial charge in [-0.15, -0.1) is 0 Å². The molecule has 1 aromatic carbocycles. The van der Waals surface area contributed by atoms with E-state index in [0.717, 1.165) is 5.02 Å². The molecule has 1 fully saturated rings. The maximum Gasteiger partial charge on any atom is 0.338 e. The van der Waals surface area contributed by atoms with Gasteiger partial charge in [0.25, 0.3) is 0 Å². The van der Waals surface area contributed by atoms with Gasteiger partial charge in [-0.05, 0) is 12.1 Å². The molecule has 22 heavy (non-hydrogen) atoms. The summed E-state index contributed by atoms with van der Waals surface area (Å²) in [5, 5.41) is 11.5. The Morgan fingerprint density at radius 1 is 1.23 bits per heavy atom. The lowest BCUT2D eigenvalue weighted by Gasteiger charge is -2.32. The maximum atomic E-state index is 11.6. The van der Waals surface area contributed by atoms with Crippen molar-refractivity contribution in [2.75, 3.05) is 31.3 Å². The smallest absolute Gasteiger partial charge is 0.338 e. The van der Waals surface area contributed by atoms with Gasteiger partial charge in [0.2, 0.25) is 0 Å². The van der Waals surface area contributed by atoms with E-state index >= 15 is 0 Å². The predicted octanol–water partition coefficient (Wildman–Crippen LogP) is -0.179. The number of hydrogen-bond acceptors (Lipinski definition) is 6. The summed E-state index contributed by atoms with van der Waals surface area (Å²) in [6.07, 6.45) is 0. The van der Waals surface area contributed by atoms with Gasteiger partial charge >= 0.3 is 11.9 Å². The highest BCUT2D eigenvalue weighted by atomic mass is 17.0. The molecule has 0 radical (unpaired) electrons. The largest absolute Gasteiger partial charge is 0.481 e. The van der Waals surface area contributed by atoms with Gasteiger partial charge in [-0.3, -0.25) is 9.80 Å². The van der Waals surface area contributed by atoms with Crippen LogP contribution in [0.25, 0.3) is 0 Å². The Balaban J connectivity index is 1.32. The zero-order valence-corrected chi connectivity index (χ0v) is 11.6. The highest BCUT2D eigenvalue weighted by molar-refractivity contribution is 5.89. The first-order valence-electron chi connectivity index (χ1n) is 6.76. The van der Waals surface area contributed by atoms with E-state index in [1.54, 1.807) is 29.3 Å². The number of hydrogen-bond donors (Lipinski definition) is 1. The fraction of sp³-hybridized carbons (Fsp3) is 0.385. The van der Waals surface area contributed by atoms with Crippen molar-refractivity contribution in [3.8, 4) is 0 Å². The maximum absolute atomic E-state index is 11.6. The van der Waals surface area contributed by atoms with E-state index in [2.05, 4.69) is 0 Å². The van der Waals surface area contributed by atoms with Crippen molar-refractivity contribution in [1.82, 2.24) is 9.98 Å². The molecule has 118 valence electrons. The monoisotopic (exact) mass is 309 g/mol. The van der Waals surface area contributed by atoms with E-state index in [4.69, 9.17) is 19.3 Å². The molecule has 0 amide bonds. The number of carbonyl (C=O) groups is 2. The fourth-order valence-electron chi connectivity index (χ4n) is 1.93. The van der Waals surface area contributed by atoms with E-state index in [1.165, 1.54) is 4.96 Å². The molecular formula is C13H15N3O6. The summed E-state index contributed by atoms with van der Waals surface area (Å²) >= 11 is 0. The van der Waals surface area contributed by atoms with Crippen molar-refractivity contribution in [3.05, 3.63) is 35.9 Å². The van der Waals surface area contributed by atoms with Crippen molar-refractivity contribution in [3.63, 3.8) is 0 Å². The normalized spacial score (nSPS) is 14.6. The van der Waals surface area contributed by atoms with Crippen LogP contribution in [0.2, 0.25) is 0 Å². The summed E-state index contributed by atoms with van der Waals surface area (Å²) in [7, 11) is 0. The number of aromatic nitrogens is 2. The van der Waals surface area contributed by atoms with Gasteiger partial charge < -0.3 is 14.7 Å². The van der Waals surface area contributed by atoms with Crippen LogP contribution in [0, 0.1) is 5.92 Å². The Hall–Kier alpha value is -2.84. The standard InChI is InChI=1S/C13H15N3O6/c17-12(18)11-8-14(9-11)15-16(22-15)21-7-6-20-13(19)10-4-2-1-3-5-10/h1-5,11H,6-9H2,(H,17,18). The fourth-order valence-corrected chi connectivity index (χ4v) is 1.93. The molecule has 2 aromatic rings. The first-order chi connectivity index (χ1) is 10.6. The highest BCUT2D eigenvalue weighted by Gasteiger charge is 2.38. The van der Waals surface area contributed by atoms with Gasteiger partial charge in [0.15, 0.2) is 6.61 Å². The number of esters is 1. The Bertz CT molecular complexity index is 637. The SMILES string of the molecule is O=C(OCCOn1on1N1CC(C(=O)O)C1)c1ccccc1. The topological polar surface area (TPSA) is 99.1 Å². The molecule has 0 unspecified atom stereocenters. The first-order valence-corrected chi connectivity index (χ1v) is 6.76. The average molecular weight is 309 g/mol. The van der Waals surface area contributed by atoms with Gasteiger partial charge in [0, 0.05) is 4.96 Å². The molecule has 1 aliphatic rings. The lowest BCUT2D eigenvalue weighted by atomic mass is 10.0. The molecule has 1 aromatic heterocycles. The van der Waals surface area contributed by atoms with Crippen molar-refractivity contribution in [2.24, 2.45) is 5.92 Å². The number of rotatable bonds is 7. The minimum atomic E-state index is -0.821. The van der Waals surface area contributed by atoms with Gasteiger partial charge in [0.1, 0.15) is 11.6 Å². The van der Waals surface area contributed by atoms with Crippen molar-refractivity contribution < 1.29 is 28.9 Å². The Morgan fingerprint density at radius 3 is 2.64 bits per heavy atom. The molecule has 0 aliphatic carbocycles. The number of ether oxygens (including phenoxy) is 1. The zero-order chi connectivity index (χ0) is 15.5. The number of benzene rings is 1. The lowest BCUT2D eigenvalue weighted by molar-refractivity contribution is -0.143. The second-order valence-electron chi connectivity index (χ2n) is 4.81. The third-order valence-corrected chi connectivity index (χ3v) is 3.24. The van der Waals surface area contributed by atoms with Crippen LogP contribution in [0.15, 0.2) is 35.0 Å². The molecule has 1 N–H and O–H groups in total. The molecule has 2 heterocycles. The van der Waals surface area contributed by atoms with Gasteiger partial charge in [-0.2, -0.15) is 4.63 Å². The van der Waals surface area contributed by atoms with Gasteiger partial charge in [-0.1, -0.05) is 18.2 Å². The average Bonchev–Trinajstić information content (AvgIpc) is 3.21. The number of carboxylic acid groups (broad SMARTS) is 1. The second kappa shape index (κ2) is 5.88. The lowest BCUT2D eigenvalue weighted by Crippen LogP contribution is -2.55. The van der Waals surface area contributed by atoms with Gasteiger partial charge in [-0.25, -0.2) is 4.79 Å². The number of carboxylic acids is 1. The van der Waals surface area contributed by atoms with E-state index < -0.39 is 11.9 Å². The molecule has 9 nitrogen and oxygen atoms in total. The highest BCUT2D eigenvalue weighted by Crippen LogP contribution is 2.15. The molecule has 1 aliphatic heterocycles. The van der Waals surface area contributed by atoms with Crippen molar-refractivity contribution >= 4 is 11.9 Å². The van der Waals surface area contributed by atoms with E-state index in [-0.39, 0.29) is 19.1 Å². The van der Waals surface area contributed by atoms with Crippen LogP contribution in [-0.2, 0) is 9.53 Å². The summed E-state index contributed by atoms with van der Waals surface area (Å²) in [5.74, 6) is -1.61. The third kappa shape index (κ3) is 3.08. The van der Waals surface area contributed by atoms with E-state index in [1.807, 2.05) is 6.07 Å². The van der Waals surface area contributed by atoms with Crippen molar-refractivity contribution in [2.45, 2.75) is 0 Å². The zero-order valence-electron chi connectivity index (χ0n) is 11.6. The van der Waals surface area contributed by atoms with Gasteiger partial charge in [0.05, 0.1) is 24.6 Å². The van der Waals surface area contributed by atoms with Crippen LogP contribution in [-0.4, -0.2) is 53.3 Å². The minimum absolute atomic E-state index is 0.0825. The van der Waals surface area contributed by atoms with E-state index in [0.29, 0.717) is 18.7 Å². The minimum Gasteiger partial charge on any atom is -0.481 e. The third-order valence-electron chi connectivity index (χ3n) is 3.24. The molecule has 0 atom stereocenters. The van der Waals surface area contributed by atoms with E-state index in [9.17, 15) is 9.59 Å². The van der Waals surface area contributed by atoms with Crippen molar-refractivity contribution in [1.29, 1.82) is 0 Å². The quantitative estimate of drug-likeness (QED) is 0.559. The van der Waals surface area contributed by atoms with Crippen LogP contribution in [0.5, 0.6) is 0 Å². The van der Waals surface area contributed by atoms with Crippen LogP contribution in [0.4, 0.5) is 0 Å². The molecule has 9 heteroatoms. The summed E-state index contributed by atoms with van der Waals surface area (Å²) in [4.78, 5) is 28.8. The molecular weight excluding hydrogens is 294 g/mol. The Kier molecular flexibility index (Phi) is 3.77. The Labute approximate surface area is 125 Å². The molecule has 0 saturated carbocycles. The predicted molar refractivity (Wildman–Crippen MR) is 71.9 cm³/mol. The molecule has 0 spiro atoms. The number of carbonyl (C=O) groups excluding carboxylic acids is 1. The molecule has 0 bridgehead atoms. The molecule has 1 saturated heterocycles. The summed E-state index contributed by atoms with van der Waals surface area (Å²) in [6.45, 7) is 0.959. The summed E-state index contributed by atoms with van der Waals surface area (Å²) in [5.41, 5.74) is 0.479. The first kappa shape index (κ1) is 14.1. The second-order valence-corrected chi connectivity index (χ2v) is 4.81. The summed E-state index contributed by atoms with van der Waals surface area (Å²) < 4.78 is 10.0. The number of aliphatic carboxylic acids is 1. The summed E-state index contributed by atoms with van der Waals surface area (Å²) in [6, 6.07) is 8.66.